The molecule has 4 N–H and O–H groups in total. The molecule has 1 aromatic heterocycles. The molecule has 10 heteroatoms. The number of benzene rings is 2. The van der Waals surface area contributed by atoms with Crippen LogP contribution in [0.1, 0.15) is 10.4 Å². The Bertz CT molecular complexity index is 1090. The van der Waals surface area contributed by atoms with Crippen molar-refractivity contribution >= 4 is 40.5 Å². The summed E-state index contributed by atoms with van der Waals surface area (Å²) in [7, 11) is 1.57. The van der Waals surface area contributed by atoms with Crippen molar-refractivity contribution in [1.29, 1.82) is 0 Å². The van der Waals surface area contributed by atoms with Crippen LogP contribution in [-0.4, -0.2) is 49.2 Å². The van der Waals surface area contributed by atoms with Crippen molar-refractivity contribution in [3.05, 3.63) is 65.4 Å². The highest BCUT2D eigenvalue weighted by Gasteiger charge is 2.22. The first-order chi connectivity index (χ1) is 15.5. The minimum Gasteiger partial charge on any atom is -0.497 e. The second-order valence-electron chi connectivity index (χ2n) is 7.22. The number of methoxy groups -OCH3 is 1. The van der Waals surface area contributed by atoms with Gasteiger partial charge in [-0.2, -0.15) is 0 Å². The maximum atomic E-state index is 12.4. The molecule has 0 atom stereocenters. The first-order valence-corrected chi connectivity index (χ1v) is 10.5. The van der Waals surface area contributed by atoms with Gasteiger partial charge in [0, 0.05) is 42.5 Å². The Balaban J connectivity index is 1.38. The summed E-state index contributed by atoms with van der Waals surface area (Å²) >= 11 is 6.12. The highest BCUT2D eigenvalue weighted by molar-refractivity contribution is 6.30. The molecule has 2 heterocycles. The molecule has 1 saturated heterocycles. The number of hydrogen-bond acceptors (Lipinski definition) is 8. The number of nitrogens with zero attached hydrogens (tertiary/aromatic N) is 4. The lowest BCUT2D eigenvalue weighted by molar-refractivity contribution is 0.0962. The molecule has 0 aliphatic carbocycles. The fourth-order valence-corrected chi connectivity index (χ4v) is 3.70. The van der Waals surface area contributed by atoms with E-state index in [1.165, 1.54) is 6.33 Å². The second-order valence-corrected chi connectivity index (χ2v) is 7.66. The topological polar surface area (TPSA) is 109 Å². The molecule has 9 nitrogen and oxygen atoms in total. The van der Waals surface area contributed by atoms with Crippen LogP contribution < -0.4 is 31.1 Å². The molecule has 1 amide bonds. The molecule has 1 fully saturated rings. The number of amides is 1. The van der Waals surface area contributed by atoms with Crippen LogP contribution in [0, 0.1) is 0 Å². The number of piperazine rings is 1. The largest absolute Gasteiger partial charge is 0.497 e. The number of nitrogen functional groups attached to an aromatic ring is 1. The third-order valence-corrected chi connectivity index (χ3v) is 5.50. The Morgan fingerprint density at radius 2 is 1.78 bits per heavy atom. The van der Waals surface area contributed by atoms with Gasteiger partial charge in [-0.25, -0.2) is 9.97 Å². The molecule has 4 rings (SSSR count). The quantitative estimate of drug-likeness (QED) is 0.489. The average Bonchev–Trinajstić information content (AvgIpc) is 2.83. The number of nitrogens with one attached hydrogen (secondary N) is 2. The highest BCUT2D eigenvalue weighted by atomic mass is 35.5. The zero-order chi connectivity index (χ0) is 22.5. The van der Waals surface area contributed by atoms with Gasteiger partial charge >= 0.3 is 0 Å². The van der Waals surface area contributed by atoms with Crippen LogP contribution in [0.4, 0.5) is 23.0 Å². The summed E-state index contributed by atoms with van der Waals surface area (Å²) in [4.78, 5) is 25.3. The lowest BCUT2D eigenvalue weighted by Crippen LogP contribution is -2.47. The van der Waals surface area contributed by atoms with Gasteiger partial charge in [-0.15, -0.1) is 0 Å². The minimum absolute atomic E-state index is 0.317. The average molecular weight is 454 g/mol. The van der Waals surface area contributed by atoms with Crippen molar-refractivity contribution < 1.29 is 9.53 Å². The number of hydrogen-bond donors (Lipinski definition) is 3. The van der Waals surface area contributed by atoms with E-state index < -0.39 is 0 Å². The fraction of sp³-hybridized carbons (Fsp3) is 0.227. The van der Waals surface area contributed by atoms with Crippen LogP contribution in [0.15, 0.2) is 54.9 Å². The molecule has 2 aromatic carbocycles. The molecule has 0 saturated carbocycles. The van der Waals surface area contributed by atoms with Crippen LogP contribution in [0.2, 0.25) is 5.02 Å². The summed E-state index contributed by atoms with van der Waals surface area (Å²) in [6.07, 6.45) is 1.43. The molecule has 3 aromatic rings. The number of carbonyl (C=O) groups is 1. The third-order valence-electron chi connectivity index (χ3n) is 5.26. The van der Waals surface area contributed by atoms with Gasteiger partial charge in [0.25, 0.3) is 5.91 Å². The number of hydrazine groups is 1. The van der Waals surface area contributed by atoms with E-state index in [1.54, 1.807) is 31.4 Å². The summed E-state index contributed by atoms with van der Waals surface area (Å²) in [5.74, 6) is 1.33. The summed E-state index contributed by atoms with van der Waals surface area (Å²) in [5, 5.41) is 0.720. The second kappa shape index (κ2) is 9.61. The summed E-state index contributed by atoms with van der Waals surface area (Å²) in [6.45, 7) is 3.10. The first kappa shape index (κ1) is 21.5. The van der Waals surface area contributed by atoms with E-state index in [4.69, 9.17) is 22.1 Å². The van der Waals surface area contributed by atoms with E-state index in [9.17, 15) is 4.79 Å². The molecule has 166 valence electrons. The van der Waals surface area contributed by atoms with Crippen LogP contribution in [0.5, 0.6) is 5.75 Å². The minimum atomic E-state index is -0.317. The monoisotopic (exact) mass is 453 g/mol. The van der Waals surface area contributed by atoms with Gasteiger partial charge < -0.3 is 20.3 Å². The van der Waals surface area contributed by atoms with Crippen LogP contribution in [0.25, 0.3) is 0 Å². The molecule has 1 aliphatic heterocycles. The predicted octanol–water partition coefficient (Wildman–Crippen LogP) is 2.80. The van der Waals surface area contributed by atoms with E-state index >= 15 is 0 Å². The number of nitrogens with two attached hydrogens (primary N) is 1. The Morgan fingerprint density at radius 3 is 2.47 bits per heavy atom. The van der Waals surface area contributed by atoms with E-state index in [0.29, 0.717) is 28.6 Å². The third kappa shape index (κ3) is 4.78. The molecular weight excluding hydrogens is 430 g/mol. The van der Waals surface area contributed by atoms with Crippen LogP contribution in [0.3, 0.4) is 0 Å². The molecular formula is C22H24ClN7O2. The van der Waals surface area contributed by atoms with Gasteiger partial charge in [0.2, 0.25) is 0 Å². The van der Waals surface area contributed by atoms with Crippen LogP contribution in [-0.2, 0) is 0 Å². The van der Waals surface area contributed by atoms with Crippen LogP contribution >= 0.6 is 11.6 Å². The predicted molar refractivity (Wildman–Crippen MR) is 126 cm³/mol. The van der Waals surface area contributed by atoms with Crippen molar-refractivity contribution in [2.45, 2.75) is 0 Å². The Kier molecular flexibility index (Phi) is 6.46. The van der Waals surface area contributed by atoms with Crippen molar-refractivity contribution in [1.82, 2.24) is 15.4 Å². The van der Waals surface area contributed by atoms with E-state index in [0.717, 1.165) is 36.9 Å². The molecule has 0 spiro atoms. The standard InChI is InChI=1S/C22H24ClN7O2/c1-32-18-7-5-15(6-8-18)22(31)28-27-20-19(24)21(26-14-25-20)30-11-9-29(10-12-30)17-4-2-3-16(23)13-17/h2-8,13-14H,9-12,24H2,1H3,(H,28,31)(H,25,26,27). The Hall–Kier alpha value is -3.72. The Labute approximate surface area is 191 Å². The fourth-order valence-electron chi connectivity index (χ4n) is 3.52. The van der Waals surface area contributed by atoms with Gasteiger partial charge in [0.1, 0.15) is 17.8 Å². The number of halogens is 1. The summed E-state index contributed by atoms with van der Waals surface area (Å²) < 4.78 is 5.11. The smallest absolute Gasteiger partial charge is 0.269 e. The zero-order valence-corrected chi connectivity index (χ0v) is 18.3. The van der Waals surface area contributed by atoms with Crippen molar-refractivity contribution in [3.63, 3.8) is 0 Å². The number of anilines is 4. The molecule has 0 unspecified atom stereocenters. The SMILES string of the molecule is COc1ccc(C(=O)NNc2ncnc(N3CCN(c4cccc(Cl)c4)CC3)c2N)cc1. The van der Waals surface area contributed by atoms with Crippen molar-refractivity contribution in [2.75, 3.05) is 54.2 Å². The van der Waals surface area contributed by atoms with Crippen molar-refractivity contribution in [3.8, 4) is 5.75 Å². The van der Waals surface area contributed by atoms with Gasteiger partial charge in [-0.05, 0) is 42.5 Å². The number of aromatic nitrogens is 2. The Morgan fingerprint density at radius 1 is 1.06 bits per heavy atom. The maximum absolute atomic E-state index is 12.4. The number of ether oxygens (including phenoxy) is 1. The van der Waals surface area contributed by atoms with Crippen molar-refractivity contribution in [2.24, 2.45) is 0 Å². The highest BCUT2D eigenvalue weighted by Crippen LogP contribution is 2.28. The van der Waals surface area contributed by atoms with E-state index in [-0.39, 0.29) is 5.91 Å². The zero-order valence-electron chi connectivity index (χ0n) is 17.6. The summed E-state index contributed by atoms with van der Waals surface area (Å²) in [6, 6.07) is 14.6. The van der Waals surface area contributed by atoms with Gasteiger partial charge in [0.15, 0.2) is 11.6 Å². The lowest BCUT2D eigenvalue weighted by Gasteiger charge is -2.37. The maximum Gasteiger partial charge on any atom is 0.269 e. The molecule has 1 aliphatic rings. The van der Waals surface area contributed by atoms with E-state index in [2.05, 4.69) is 30.6 Å². The lowest BCUT2D eigenvalue weighted by atomic mass is 10.2. The molecule has 0 bridgehead atoms. The van der Waals surface area contributed by atoms with E-state index in [1.807, 2.05) is 24.3 Å². The van der Waals surface area contributed by atoms with Gasteiger partial charge in [-0.1, -0.05) is 17.7 Å². The normalized spacial score (nSPS) is 13.6. The molecule has 0 radical (unpaired) electrons. The van der Waals surface area contributed by atoms with Gasteiger partial charge in [0.05, 0.1) is 7.11 Å². The molecule has 32 heavy (non-hydrogen) atoms. The summed E-state index contributed by atoms with van der Waals surface area (Å²) in [5.41, 5.74) is 13.7. The number of carbonyl (C=O) groups excluding carboxylic acids is 1. The van der Waals surface area contributed by atoms with Gasteiger partial charge in [-0.3, -0.25) is 15.6 Å². The first-order valence-electron chi connectivity index (χ1n) is 10.1. The number of rotatable bonds is 6.